The molecule has 0 radical (unpaired) electrons. The van der Waals surface area contributed by atoms with Gasteiger partial charge < -0.3 is 20.4 Å². The first-order valence-electron chi connectivity index (χ1n) is 11.1. The molecule has 2 aromatic heterocycles. The molecular weight excluding hydrogens is 458 g/mol. The van der Waals surface area contributed by atoms with Gasteiger partial charge in [0, 0.05) is 31.1 Å². The molecule has 2 aliphatic rings. The Hall–Kier alpha value is -3.09. The molecule has 11 nitrogen and oxygen atoms in total. The summed E-state index contributed by atoms with van der Waals surface area (Å²) < 4.78 is 34.4. The summed E-state index contributed by atoms with van der Waals surface area (Å²) in [6.45, 7) is 2.16. The van der Waals surface area contributed by atoms with E-state index in [-0.39, 0.29) is 23.7 Å². The molecule has 0 spiro atoms. The van der Waals surface area contributed by atoms with E-state index in [1.807, 2.05) is 31.3 Å². The van der Waals surface area contributed by atoms with Crippen LogP contribution in [-0.4, -0.2) is 61.1 Å². The number of nitrogen functional groups attached to an aromatic ring is 1. The van der Waals surface area contributed by atoms with Crippen LogP contribution in [0.5, 0.6) is 0 Å². The van der Waals surface area contributed by atoms with E-state index in [2.05, 4.69) is 30.4 Å². The van der Waals surface area contributed by atoms with Crippen molar-refractivity contribution in [2.75, 3.05) is 37.0 Å². The highest BCUT2D eigenvalue weighted by Crippen LogP contribution is 2.41. The van der Waals surface area contributed by atoms with Gasteiger partial charge in [-0.15, -0.1) is 10.2 Å². The van der Waals surface area contributed by atoms with Crippen LogP contribution in [0, 0.1) is 11.8 Å². The number of aromatic nitrogens is 4. The topological polar surface area (TPSA) is 149 Å². The standard InChI is InChI=1S/C22H27N7O4S/c1-24-9-13-3-5-14(6-4-13)21-27-28-22(32-21)19-20(23)25-10-18(26-19)29-11-15-7-8-17(16(15)12-29)33-34(2,30)31/h3-6,10,15-17,24H,7-9,11-12H2,1-2H3,(H2,23,25)/t15-,16+,17?/m0/s1. The first kappa shape index (κ1) is 22.7. The molecule has 2 fully saturated rings. The van der Waals surface area contributed by atoms with E-state index in [9.17, 15) is 8.42 Å². The van der Waals surface area contributed by atoms with Crippen LogP contribution in [0.4, 0.5) is 11.6 Å². The summed E-state index contributed by atoms with van der Waals surface area (Å²) in [6.07, 6.45) is 4.07. The third kappa shape index (κ3) is 4.61. The Morgan fingerprint density at radius 2 is 1.94 bits per heavy atom. The number of nitrogens with one attached hydrogen (secondary N) is 1. The van der Waals surface area contributed by atoms with E-state index in [4.69, 9.17) is 14.3 Å². The molecule has 3 atom stereocenters. The first-order chi connectivity index (χ1) is 16.3. The molecule has 1 aliphatic carbocycles. The maximum atomic E-state index is 11.6. The van der Waals surface area contributed by atoms with E-state index in [0.29, 0.717) is 29.9 Å². The lowest BCUT2D eigenvalue weighted by atomic mass is 10.00. The maximum absolute atomic E-state index is 11.6. The number of nitrogens with zero attached hydrogens (tertiary/aromatic N) is 5. The summed E-state index contributed by atoms with van der Waals surface area (Å²) in [6, 6.07) is 7.84. The summed E-state index contributed by atoms with van der Waals surface area (Å²) in [5, 5.41) is 11.4. The van der Waals surface area contributed by atoms with Crippen LogP contribution in [-0.2, 0) is 20.8 Å². The SMILES string of the molecule is CNCc1ccc(-c2nnc(-c3nc(N4C[C@@H]5CCC(OS(C)(=O)=O)[C@@H]5C4)cnc3N)o2)cc1. The number of hydrogen-bond acceptors (Lipinski definition) is 11. The van der Waals surface area contributed by atoms with Crippen LogP contribution in [0.15, 0.2) is 34.9 Å². The number of rotatable bonds is 7. The van der Waals surface area contributed by atoms with Crippen LogP contribution in [0.25, 0.3) is 23.0 Å². The van der Waals surface area contributed by atoms with Gasteiger partial charge in [0.15, 0.2) is 11.5 Å². The molecule has 1 aliphatic heterocycles. The fourth-order valence-electron chi connectivity index (χ4n) is 4.85. The van der Waals surface area contributed by atoms with Gasteiger partial charge in [0.05, 0.1) is 18.6 Å². The van der Waals surface area contributed by atoms with Crippen molar-refractivity contribution in [2.45, 2.75) is 25.5 Å². The van der Waals surface area contributed by atoms with Crippen molar-refractivity contribution < 1.29 is 17.0 Å². The predicted molar refractivity (Wildman–Crippen MR) is 126 cm³/mol. The van der Waals surface area contributed by atoms with Gasteiger partial charge in [-0.2, -0.15) is 8.42 Å². The Balaban J connectivity index is 1.35. The van der Waals surface area contributed by atoms with Crippen molar-refractivity contribution in [1.29, 1.82) is 0 Å². The Bertz CT molecular complexity index is 1280. The molecule has 180 valence electrons. The fourth-order valence-corrected chi connectivity index (χ4v) is 5.54. The molecule has 1 saturated carbocycles. The Labute approximate surface area is 197 Å². The average molecular weight is 486 g/mol. The fraction of sp³-hybridized carbons (Fsp3) is 0.455. The molecule has 3 heterocycles. The monoisotopic (exact) mass is 485 g/mol. The zero-order valence-electron chi connectivity index (χ0n) is 19.0. The highest BCUT2D eigenvalue weighted by atomic mass is 32.2. The second kappa shape index (κ2) is 8.93. The van der Waals surface area contributed by atoms with Gasteiger partial charge in [-0.05, 0) is 43.5 Å². The van der Waals surface area contributed by atoms with Gasteiger partial charge in [0.2, 0.25) is 5.89 Å². The van der Waals surface area contributed by atoms with Gasteiger partial charge in [-0.3, -0.25) is 4.18 Å². The van der Waals surface area contributed by atoms with Gasteiger partial charge in [-0.25, -0.2) is 9.97 Å². The highest BCUT2D eigenvalue weighted by molar-refractivity contribution is 7.86. The van der Waals surface area contributed by atoms with Crippen molar-refractivity contribution in [3.05, 3.63) is 36.0 Å². The van der Waals surface area contributed by atoms with Gasteiger partial charge in [0.1, 0.15) is 5.82 Å². The lowest BCUT2D eigenvalue weighted by Gasteiger charge is -2.21. The molecule has 1 saturated heterocycles. The van der Waals surface area contributed by atoms with Crippen LogP contribution in [0.3, 0.4) is 0 Å². The predicted octanol–water partition coefficient (Wildman–Crippen LogP) is 1.69. The molecule has 3 N–H and O–H groups in total. The van der Waals surface area contributed by atoms with Crippen LogP contribution < -0.4 is 16.0 Å². The minimum atomic E-state index is -3.50. The van der Waals surface area contributed by atoms with E-state index < -0.39 is 10.1 Å². The molecule has 0 bridgehead atoms. The largest absolute Gasteiger partial charge is 0.414 e. The Kier molecular flexibility index (Phi) is 5.96. The normalized spacial score (nSPS) is 22.3. The van der Waals surface area contributed by atoms with Gasteiger partial charge >= 0.3 is 0 Å². The molecule has 0 amide bonds. The van der Waals surface area contributed by atoms with Crippen LogP contribution in [0.1, 0.15) is 18.4 Å². The average Bonchev–Trinajstić information content (AvgIpc) is 3.52. The van der Waals surface area contributed by atoms with Crippen LogP contribution >= 0.6 is 0 Å². The number of benzene rings is 1. The molecule has 3 aromatic rings. The van der Waals surface area contributed by atoms with Gasteiger partial charge in [-0.1, -0.05) is 12.1 Å². The van der Waals surface area contributed by atoms with Crippen molar-refractivity contribution >= 4 is 21.8 Å². The van der Waals surface area contributed by atoms with E-state index in [1.165, 1.54) is 0 Å². The van der Waals surface area contributed by atoms with E-state index in [1.54, 1.807) is 6.20 Å². The Morgan fingerprint density at radius 3 is 2.68 bits per heavy atom. The number of fused-ring (bicyclic) bond motifs is 1. The summed E-state index contributed by atoms with van der Waals surface area (Å²) in [7, 11) is -1.60. The van der Waals surface area contributed by atoms with Crippen molar-refractivity contribution in [1.82, 2.24) is 25.5 Å². The third-order valence-corrected chi connectivity index (χ3v) is 7.01. The lowest BCUT2D eigenvalue weighted by molar-refractivity contribution is 0.168. The van der Waals surface area contributed by atoms with Crippen LogP contribution in [0.2, 0.25) is 0 Å². The first-order valence-corrected chi connectivity index (χ1v) is 13.0. The van der Waals surface area contributed by atoms with E-state index in [0.717, 1.165) is 43.3 Å². The number of nitrogens with two attached hydrogens (primary N) is 1. The molecule has 5 rings (SSSR count). The smallest absolute Gasteiger partial charge is 0.270 e. The molecule has 1 aromatic carbocycles. The van der Waals surface area contributed by atoms with Crippen molar-refractivity contribution in [2.24, 2.45) is 11.8 Å². The Morgan fingerprint density at radius 1 is 1.18 bits per heavy atom. The molecule has 12 heteroatoms. The zero-order valence-corrected chi connectivity index (χ0v) is 19.8. The molecule has 34 heavy (non-hydrogen) atoms. The highest BCUT2D eigenvalue weighted by Gasteiger charge is 2.45. The zero-order chi connectivity index (χ0) is 23.9. The third-order valence-electron chi connectivity index (χ3n) is 6.41. The maximum Gasteiger partial charge on any atom is 0.270 e. The van der Waals surface area contributed by atoms with E-state index >= 15 is 0 Å². The summed E-state index contributed by atoms with van der Waals surface area (Å²) in [5.74, 6) is 1.86. The number of anilines is 2. The molecule has 1 unspecified atom stereocenters. The minimum Gasteiger partial charge on any atom is -0.414 e. The lowest BCUT2D eigenvalue weighted by Crippen LogP contribution is -2.28. The van der Waals surface area contributed by atoms with Gasteiger partial charge in [0.25, 0.3) is 16.0 Å². The molecular formula is C22H27N7O4S. The second-order valence-electron chi connectivity index (χ2n) is 8.85. The number of hydrogen-bond donors (Lipinski definition) is 2. The minimum absolute atomic E-state index is 0.124. The van der Waals surface area contributed by atoms with Crippen molar-refractivity contribution in [3.8, 4) is 23.0 Å². The summed E-state index contributed by atoms with van der Waals surface area (Å²) >= 11 is 0. The summed E-state index contributed by atoms with van der Waals surface area (Å²) in [5.41, 5.74) is 8.36. The summed E-state index contributed by atoms with van der Waals surface area (Å²) in [4.78, 5) is 11.1. The second-order valence-corrected chi connectivity index (χ2v) is 10.4. The quantitative estimate of drug-likeness (QED) is 0.471. The van der Waals surface area contributed by atoms with Crippen molar-refractivity contribution in [3.63, 3.8) is 0 Å².